The van der Waals surface area contributed by atoms with Gasteiger partial charge in [0.2, 0.25) is 5.91 Å². The Morgan fingerprint density at radius 3 is 2.24 bits per heavy atom. The van der Waals surface area contributed by atoms with Crippen LogP contribution in [0.5, 0.6) is 0 Å². The highest BCUT2D eigenvalue weighted by molar-refractivity contribution is 5.82. The quantitative estimate of drug-likeness (QED) is 0.677. The zero-order valence-electron chi connectivity index (χ0n) is 10.5. The standard InChI is InChI=1S/C12H22N2O3/c1-12(2,7-13)11(17)14-9-5-3-8(4-6-9)10(15)16/h8-9H,3-7,13H2,1-2H3,(H,14,17)(H,15,16). The Morgan fingerprint density at radius 2 is 1.82 bits per heavy atom. The van der Waals surface area contributed by atoms with E-state index in [1.807, 2.05) is 13.8 Å². The lowest BCUT2D eigenvalue weighted by Crippen LogP contribution is -2.47. The van der Waals surface area contributed by atoms with Crippen molar-refractivity contribution in [2.45, 2.75) is 45.6 Å². The maximum absolute atomic E-state index is 11.9. The van der Waals surface area contributed by atoms with Crippen LogP contribution in [0.3, 0.4) is 0 Å². The van der Waals surface area contributed by atoms with Crippen LogP contribution in [-0.2, 0) is 9.59 Å². The molecule has 98 valence electrons. The summed E-state index contributed by atoms with van der Waals surface area (Å²) in [7, 11) is 0. The van der Waals surface area contributed by atoms with Gasteiger partial charge < -0.3 is 16.2 Å². The number of amides is 1. The van der Waals surface area contributed by atoms with Crippen molar-refractivity contribution in [3.05, 3.63) is 0 Å². The molecule has 1 fully saturated rings. The summed E-state index contributed by atoms with van der Waals surface area (Å²) in [5.41, 5.74) is 4.98. The maximum Gasteiger partial charge on any atom is 0.306 e. The van der Waals surface area contributed by atoms with Gasteiger partial charge in [-0.1, -0.05) is 0 Å². The van der Waals surface area contributed by atoms with Crippen LogP contribution in [0.2, 0.25) is 0 Å². The molecule has 1 aliphatic carbocycles. The first-order valence-corrected chi connectivity index (χ1v) is 6.10. The molecule has 0 aromatic carbocycles. The molecule has 1 amide bonds. The summed E-state index contributed by atoms with van der Waals surface area (Å²) in [6, 6.07) is 0.101. The van der Waals surface area contributed by atoms with Crippen LogP contribution in [0.4, 0.5) is 0 Å². The van der Waals surface area contributed by atoms with Gasteiger partial charge in [0.15, 0.2) is 0 Å². The lowest BCUT2D eigenvalue weighted by molar-refractivity contribution is -0.142. The minimum Gasteiger partial charge on any atom is -0.481 e. The summed E-state index contributed by atoms with van der Waals surface area (Å²) in [6.45, 7) is 3.93. The van der Waals surface area contributed by atoms with E-state index in [2.05, 4.69) is 5.32 Å². The molecule has 0 aromatic heterocycles. The van der Waals surface area contributed by atoms with Gasteiger partial charge in [-0.15, -0.1) is 0 Å². The maximum atomic E-state index is 11.9. The number of rotatable bonds is 4. The molecule has 4 N–H and O–H groups in total. The molecule has 0 unspecified atom stereocenters. The van der Waals surface area contributed by atoms with Crippen LogP contribution in [0.15, 0.2) is 0 Å². The van der Waals surface area contributed by atoms with E-state index in [0.717, 1.165) is 12.8 Å². The van der Waals surface area contributed by atoms with Gasteiger partial charge in [0.25, 0.3) is 0 Å². The second-order valence-corrected chi connectivity index (χ2v) is 5.45. The number of nitrogens with two attached hydrogens (primary N) is 1. The fourth-order valence-electron chi connectivity index (χ4n) is 1.96. The summed E-state index contributed by atoms with van der Waals surface area (Å²) in [5, 5.41) is 11.8. The minimum atomic E-state index is -0.725. The topological polar surface area (TPSA) is 92.4 Å². The third-order valence-electron chi connectivity index (χ3n) is 3.54. The highest BCUT2D eigenvalue weighted by atomic mass is 16.4. The minimum absolute atomic E-state index is 0.0428. The summed E-state index contributed by atoms with van der Waals surface area (Å²) in [4.78, 5) is 22.7. The lowest BCUT2D eigenvalue weighted by Gasteiger charge is -2.30. The molecule has 0 atom stereocenters. The van der Waals surface area contributed by atoms with E-state index in [0.29, 0.717) is 19.4 Å². The summed E-state index contributed by atoms with van der Waals surface area (Å²) in [6.07, 6.45) is 2.76. The Morgan fingerprint density at radius 1 is 1.29 bits per heavy atom. The molecular weight excluding hydrogens is 220 g/mol. The molecule has 0 radical (unpaired) electrons. The molecule has 0 heterocycles. The summed E-state index contributed by atoms with van der Waals surface area (Å²) >= 11 is 0. The van der Waals surface area contributed by atoms with Crippen LogP contribution in [-0.4, -0.2) is 29.6 Å². The second kappa shape index (κ2) is 5.49. The largest absolute Gasteiger partial charge is 0.481 e. The third kappa shape index (κ3) is 3.70. The summed E-state index contributed by atoms with van der Waals surface area (Å²) in [5.74, 6) is -1.01. The van der Waals surface area contributed by atoms with Gasteiger partial charge in [-0.05, 0) is 39.5 Å². The van der Waals surface area contributed by atoms with Crippen LogP contribution in [0.25, 0.3) is 0 Å². The average molecular weight is 242 g/mol. The monoisotopic (exact) mass is 242 g/mol. The Bertz CT molecular complexity index is 294. The van der Waals surface area contributed by atoms with Crippen LogP contribution < -0.4 is 11.1 Å². The van der Waals surface area contributed by atoms with Crippen molar-refractivity contribution in [1.29, 1.82) is 0 Å². The molecule has 0 spiro atoms. The van der Waals surface area contributed by atoms with E-state index in [-0.39, 0.29) is 17.9 Å². The van der Waals surface area contributed by atoms with Crippen LogP contribution in [0.1, 0.15) is 39.5 Å². The van der Waals surface area contributed by atoms with Crippen molar-refractivity contribution in [1.82, 2.24) is 5.32 Å². The van der Waals surface area contributed by atoms with Gasteiger partial charge >= 0.3 is 5.97 Å². The fraction of sp³-hybridized carbons (Fsp3) is 0.833. The number of carbonyl (C=O) groups excluding carboxylic acids is 1. The van der Waals surface area contributed by atoms with Crippen molar-refractivity contribution in [3.63, 3.8) is 0 Å². The predicted molar refractivity (Wildman–Crippen MR) is 64.4 cm³/mol. The molecule has 0 saturated heterocycles. The first-order chi connectivity index (χ1) is 7.86. The Hall–Kier alpha value is -1.10. The molecular formula is C12H22N2O3. The van der Waals surface area contributed by atoms with Gasteiger partial charge in [0, 0.05) is 12.6 Å². The van der Waals surface area contributed by atoms with Gasteiger partial charge in [-0.3, -0.25) is 9.59 Å². The van der Waals surface area contributed by atoms with E-state index in [9.17, 15) is 9.59 Å². The highest BCUT2D eigenvalue weighted by Gasteiger charge is 2.31. The van der Waals surface area contributed by atoms with Crippen molar-refractivity contribution in [2.24, 2.45) is 17.1 Å². The van der Waals surface area contributed by atoms with E-state index >= 15 is 0 Å². The highest BCUT2D eigenvalue weighted by Crippen LogP contribution is 2.25. The van der Waals surface area contributed by atoms with E-state index < -0.39 is 11.4 Å². The van der Waals surface area contributed by atoms with E-state index in [4.69, 9.17) is 10.8 Å². The normalized spacial score (nSPS) is 25.4. The van der Waals surface area contributed by atoms with Crippen molar-refractivity contribution >= 4 is 11.9 Å². The smallest absolute Gasteiger partial charge is 0.306 e. The van der Waals surface area contributed by atoms with Gasteiger partial charge in [0.05, 0.1) is 11.3 Å². The lowest BCUT2D eigenvalue weighted by atomic mass is 9.85. The predicted octanol–water partition coefficient (Wildman–Crippen LogP) is 0.731. The number of nitrogens with one attached hydrogen (secondary N) is 1. The van der Waals surface area contributed by atoms with Gasteiger partial charge in [-0.25, -0.2) is 0 Å². The van der Waals surface area contributed by atoms with Crippen molar-refractivity contribution < 1.29 is 14.7 Å². The molecule has 1 rings (SSSR count). The molecule has 5 heteroatoms. The zero-order chi connectivity index (χ0) is 13.1. The van der Waals surface area contributed by atoms with Crippen molar-refractivity contribution in [3.8, 4) is 0 Å². The molecule has 0 aliphatic heterocycles. The third-order valence-corrected chi connectivity index (χ3v) is 3.54. The van der Waals surface area contributed by atoms with Crippen LogP contribution in [0, 0.1) is 11.3 Å². The first-order valence-electron chi connectivity index (χ1n) is 6.10. The zero-order valence-corrected chi connectivity index (χ0v) is 10.5. The number of hydrogen-bond acceptors (Lipinski definition) is 3. The van der Waals surface area contributed by atoms with E-state index in [1.54, 1.807) is 0 Å². The van der Waals surface area contributed by atoms with Crippen LogP contribution >= 0.6 is 0 Å². The number of aliphatic carboxylic acids is 1. The Balaban J connectivity index is 2.41. The number of hydrogen-bond donors (Lipinski definition) is 3. The summed E-state index contributed by atoms with van der Waals surface area (Å²) < 4.78 is 0. The van der Waals surface area contributed by atoms with Crippen molar-refractivity contribution in [2.75, 3.05) is 6.54 Å². The number of carbonyl (C=O) groups is 2. The molecule has 0 bridgehead atoms. The average Bonchev–Trinajstić information content (AvgIpc) is 2.29. The molecule has 1 saturated carbocycles. The second-order valence-electron chi connectivity index (χ2n) is 5.45. The van der Waals surface area contributed by atoms with Gasteiger partial charge in [-0.2, -0.15) is 0 Å². The Labute approximate surface area is 102 Å². The van der Waals surface area contributed by atoms with Gasteiger partial charge in [0.1, 0.15) is 0 Å². The molecule has 0 aromatic rings. The number of carboxylic acid groups (broad SMARTS) is 1. The first kappa shape index (κ1) is 14.0. The number of carboxylic acids is 1. The SMILES string of the molecule is CC(C)(CN)C(=O)NC1CCC(C(=O)O)CC1. The Kier molecular flexibility index (Phi) is 4.51. The molecule has 1 aliphatic rings. The molecule has 5 nitrogen and oxygen atoms in total. The molecule has 17 heavy (non-hydrogen) atoms. The van der Waals surface area contributed by atoms with E-state index in [1.165, 1.54) is 0 Å². The fourth-order valence-corrected chi connectivity index (χ4v) is 1.96.